The van der Waals surface area contributed by atoms with Gasteiger partial charge in [0.05, 0.1) is 11.0 Å². The molecule has 1 aromatic heterocycles. The normalized spacial score (nSPS) is 10.3. The van der Waals surface area contributed by atoms with Crippen molar-refractivity contribution >= 4 is 11.0 Å². The van der Waals surface area contributed by atoms with Gasteiger partial charge in [-0.2, -0.15) is 0 Å². The lowest BCUT2D eigenvalue weighted by Gasteiger charge is -1.94. The summed E-state index contributed by atoms with van der Waals surface area (Å²) >= 11 is 0. The minimum atomic E-state index is 0.903. The maximum Gasteiger partial charge on any atom is 0.0889 e. The second-order valence-electron chi connectivity index (χ2n) is 2.38. The van der Waals surface area contributed by atoms with Crippen LogP contribution in [0, 0.1) is 6.92 Å². The van der Waals surface area contributed by atoms with E-state index in [-0.39, 0.29) is 0 Å². The summed E-state index contributed by atoms with van der Waals surface area (Å²) in [5, 5.41) is 0. The van der Waals surface area contributed by atoms with Gasteiger partial charge in [-0.15, -0.1) is 0 Å². The van der Waals surface area contributed by atoms with Gasteiger partial charge >= 0.3 is 0 Å². The second-order valence-corrected chi connectivity index (χ2v) is 2.38. The van der Waals surface area contributed by atoms with Gasteiger partial charge in [-0.3, -0.25) is 9.97 Å². The molecule has 0 amide bonds. The minimum Gasteiger partial charge on any atom is -0.253 e. The van der Waals surface area contributed by atoms with Crippen LogP contribution in [0.25, 0.3) is 11.0 Å². The predicted octanol–water partition coefficient (Wildman–Crippen LogP) is 1.81. The Kier molecular flexibility index (Phi) is 1.32. The molecule has 0 N–H and O–H groups in total. The van der Waals surface area contributed by atoms with Crippen LogP contribution in [0.1, 0.15) is 5.56 Å². The molecule has 0 atom stereocenters. The highest BCUT2D eigenvalue weighted by Gasteiger charge is 1.92. The van der Waals surface area contributed by atoms with E-state index in [4.69, 9.17) is 0 Å². The highest BCUT2D eigenvalue weighted by atomic mass is 14.8. The molecule has 2 nitrogen and oxygen atoms in total. The van der Waals surface area contributed by atoms with Gasteiger partial charge in [-0.05, 0) is 24.6 Å². The molecule has 53 valence electrons. The molecule has 1 aromatic carbocycles. The van der Waals surface area contributed by atoms with E-state index >= 15 is 0 Å². The number of hydrogen-bond donors (Lipinski definition) is 0. The third kappa shape index (κ3) is 1.07. The first-order valence-electron chi connectivity index (χ1n) is 3.39. The van der Waals surface area contributed by atoms with Crippen molar-refractivity contribution in [2.24, 2.45) is 0 Å². The molecule has 0 saturated heterocycles. The van der Waals surface area contributed by atoms with Crippen LogP contribution in [0.3, 0.4) is 0 Å². The van der Waals surface area contributed by atoms with Crippen LogP contribution < -0.4 is 0 Å². The molecule has 0 fully saturated rings. The fourth-order valence-corrected chi connectivity index (χ4v) is 1.01. The van der Waals surface area contributed by atoms with E-state index in [2.05, 4.69) is 16.9 Å². The molecule has 0 aliphatic carbocycles. The maximum absolute atomic E-state index is 4.14. The number of nitrogens with zero attached hydrogens (tertiary/aromatic N) is 2. The Morgan fingerprint density at radius 1 is 1.00 bits per heavy atom. The third-order valence-electron chi connectivity index (χ3n) is 1.53. The Labute approximate surface area is 64.9 Å². The fraction of sp³-hybridized carbons (Fsp3) is 0. The van der Waals surface area contributed by atoms with Gasteiger partial charge in [0, 0.05) is 12.4 Å². The topological polar surface area (TPSA) is 25.8 Å². The first-order valence-corrected chi connectivity index (χ1v) is 3.39. The zero-order valence-electron chi connectivity index (χ0n) is 5.99. The molecule has 1 heterocycles. The van der Waals surface area contributed by atoms with Gasteiger partial charge in [0.15, 0.2) is 0 Å². The van der Waals surface area contributed by atoms with Crippen LogP contribution in [-0.4, -0.2) is 9.97 Å². The zero-order chi connectivity index (χ0) is 7.68. The predicted molar refractivity (Wildman–Crippen MR) is 44.0 cm³/mol. The van der Waals surface area contributed by atoms with E-state index in [1.165, 1.54) is 0 Å². The lowest BCUT2D eigenvalue weighted by atomic mass is 10.2. The lowest BCUT2D eigenvalue weighted by molar-refractivity contribution is 1.29. The highest BCUT2D eigenvalue weighted by molar-refractivity contribution is 5.74. The summed E-state index contributed by atoms with van der Waals surface area (Å²) in [6.45, 7) is 3.80. The van der Waals surface area contributed by atoms with Crippen LogP contribution in [0.2, 0.25) is 0 Å². The van der Waals surface area contributed by atoms with Crippen LogP contribution in [0.5, 0.6) is 0 Å². The highest BCUT2D eigenvalue weighted by Crippen LogP contribution is 2.08. The molecule has 2 rings (SSSR count). The van der Waals surface area contributed by atoms with Crippen molar-refractivity contribution in [3.63, 3.8) is 0 Å². The molecule has 0 saturated carbocycles. The van der Waals surface area contributed by atoms with Crippen molar-refractivity contribution in [3.05, 3.63) is 43.1 Å². The Hall–Kier alpha value is -1.44. The van der Waals surface area contributed by atoms with Crippen LogP contribution in [-0.2, 0) is 0 Å². The van der Waals surface area contributed by atoms with Crippen molar-refractivity contribution in [3.8, 4) is 0 Å². The van der Waals surface area contributed by atoms with E-state index in [1.807, 2.05) is 18.2 Å². The molecule has 2 heteroatoms. The van der Waals surface area contributed by atoms with E-state index in [0.717, 1.165) is 16.6 Å². The van der Waals surface area contributed by atoms with Gasteiger partial charge < -0.3 is 0 Å². The Morgan fingerprint density at radius 3 is 2.55 bits per heavy atom. The number of fused-ring (bicyclic) bond motifs is 1. The first-order chi connectivity index (χ1) is 5.36. The van der Waals surface area contributed by atoms with E-state index in [0.29, 0.717) is 0 Å². The van der Waals surface area contributed by atoms with Gasteiger partial charge in [-0.25, -0.2) is 0 Å². The second kappa shape index (κ2) is 2.31. The number of aromatic nitrogens is 2. The summed E-state index contributed by atoms with van der Waals surface area (Å²) in [4.78, 5) is 8.27. The average Bonchev–Trinajstić information content (AvgIpc) is 2.04. The molecule has 11 heavy (non-hydrogen) atoms. The number of benzene rings is 1. The van der Waals surface area contributed by atoms with Gasteiger partial charge in [-0.1, -0.05) is 6.07 Å². The lowest BCUT2D eigenvalue weighted by Crippen LogP contribution is -1.81. The van der Waals surface area contributed by atoms with Gasteiger partial charge in [0.2, 0.25) is 0 Å². The molecule has 0 aliphatic rings. The molecule has 0 bridgehead atoms. The Balaban J connectivity index is 2.83. The summed E-state index contributed by atoms with van der Waals surface area (Å²) in [6, 6.07) is 5.77. The van der Waals surface area contributed by atoms with Crippen molar-refractivity contribution in [2.75, 3.05) is 0 Å². The van der Waals surface area contributed by atoms with Gasteiger partial charge in [0.1, 0.15) is 0 Å². The third-order valence-corrected chi connectivity index (χ3v) is 1.53. The summed E-state index contributed by atoms with van der Waals surface area (Å²) in [5.41, 5.74) is 2.79. The summed E-state index contributed by atoms with van der Waals surface area (Å²) in [5.74, 6) is 0. The van der Waals surface area contributed by atoms with Crippen molar-refractivity contribution in [1.82, 2.24) is 9.97 Å². The quantitative estimate of drug-likeness (QED) is 0.562. The molecule has 2 aromatic rings. The largest absolute Gasteiger partial charge is 0.253 e. The maximum atomic E-state index is 4.14. The summed E-state index contributed by atoms with van der Waals surface area (Å²) < 4.78 is 0. The fourth-order valence-electron chi connectivity index (χ4n) is 1.01. The number of rotatable bonds is 0. The average molecular weight is 143 g/mol. The first kappa shape index (κ1) is 6.28. The SMILES string of the molecule is [CH2]c1ccc2nccnc2c1. The molecule has 0 unspecified atom stereocenters. The van der Waals surface area contributed by atoms with Crippen molar-refractivity contribution in [2.45, 2.75) is 0 Å². The molecule has 0 aliphatic heterocycles. The van der Waals surface area contributed by atoms with E-state index < -0.39 is 0 Å². The Bertz CT molecular complexity index is 382. The number of hydrogen-bond acceptors (Lipinski definition) is 2. The standard InChI is InChI=1S/C9H7N2/c1-7-2-3-8-9(6-7)11-5-4-10-8/h2-6H,1H2. The Morgan fingerprint density at radius 2 is 1.73 bits per heavy atom. The molecular weight excluding hydrogens is 136 g/mol. The monoisotopic (exact) mass is 143 g/mol. The summed E-state index contributed by atoms with van der Waals surface area (Å²) in [6.07, 6.45) is 3.37. The molecule has 0 spiro atoms. The molecular formula is C9H7N2. The van der Waals surface area contributed by atoms with Crippen LogP contribution >= 0.6 is 0 Å². The van der Waals surface area contributed by atoms with E-state index in [1.54, 1.807) is 12.4 Å². The van der Waals surface area contributed by atoms with E-state index in [9.17, 15) is 0 Å². The van der Waals surface area contributed by atoms with Crippen LogP contribution in [0.4, 0.5) is 0 Å². The van der Waals surface area contributed by atoms with Crippen LogP contribution in [0.15, 0.2) is 30.6 Å². The van der Waals surface area contributed by atoms with Crippen molar-refractivity contribution in [1.29, 1.82) is 0 Å². The molecule has 1 radical (unpaired) electrons. The van der Waals surface area contributed by atoms with Crippen molar-refractivity contribution < 1.29 is 0 Å². The van der Waals surface area contributed by atoms with Gasteiger partial charge in [0.25, 0.3) is 0 Å². The minimum absolute atomic E-state index is 0.903. The smallest absolute Gasteiger partial charge is 0.0889 e. The zero-order valence-corrected chi connectivity index (χ0v) is 5.99. The summed E-state index contributed by atoms with van der Waals surface area (Å²) in [7, 11) is 0.